The molecule has 1 N–H and O–H groups in total. The molecule has 1 aliphatic heterocycles. The molecule has 5 heteroatoms. The first kappa shape index (κ1) is 17.8. The molecule has 0 aromatic heterocycles. The molecule has 20 heavy (non-hydrogen) atoms. The number of hydrogen-bond acceptors (Lipinski definition) is 5. The SMILES string of the molecule is CCOC(=O)C(C)(CCSCC1CCCO1)NC(C)C. The summed E-state index contributed by atoms with van der Waals surface area (Å²) < 4.78 is 10.8. The third-order valence-electron chi connectivity index (χ3n) is 3.41. The van der Waals surface area contributed by atoms with Crippen molar-refractivity contribution in [3.63, 3.8) is 0 Å². The zero-order valence-corrected chi connectivity index (χ0v) is 14.1. The van der Waals surface area contributed by atoms with Crippen LogP contribution in [0.5, 0.6) is 0 Å². The lowest BCUT2D eigenvalue weighted by molar-refractivity contribution is -0.150. The van der Waals surface area contributed by atoms with Gasteiger partial charge in [-0.3, -0.25) is 10.1 Å². The molecule has 0 amide bonds. The van der Waals surface area contributed by atoms with Crippen LogP contribution in [0.4, 0.5) is 0 Å². The van der Waals surface area contributed by atoms with Crippen molar-refractivity contribution in [3.8, 4) is 0 Å². The van der Waals surface area contributed by atoms with Crippen LogP contribution in [0.25, 0.3) is 0 Å². The normalized spacial score (nSPS) is 21.9. The van der Waals surface area contributed by atoms with Crippen molar-refractivity contribution in [1.29, 1.82) is 0 Å². The van der Waals surface area contributed by atoms with Crippen molar-refractivity contribution in [2.75, 3.05) is 24.7 Å². The minimum Gasteiger partial charge on any atom is -0.465 e. The van der Waals surface area contributed by atoms with Gasteiger partial charge in [0.2, 0.25) is 0 Å². The minimum absolute atomic E-state index is 0.147. The van der Waals surface area contributed by atoms with Crippen molar-refractivity contribution in [3.05, 3.63) is 0 Å². The van der Waals surface area contributed by atoms with Crippen molar-refractivity contribution in [2.45, 2.75) is 64.6 Å². The monoisotopic (exact) mass is 303 g/mol. The van der Waals surface area contributed by atoms with Gasteiger partial charge in [-0.1, -0.05) is 0 Å². The van der Waals surface area contributed by atoms with Crippen LogP contribution >= 0.6 is 11.8 Å². The Hall–Kier alpha value is -0.260. The summed E-state index contributed by atoms with van der Waals surface area (Å²) in [5.41, 5.74) is -0.590. The van der Waals surface area contributed by atoms with E-state index in [0.29, 0.717) is 12.7 Å². The van der Waals surface area contributed by atoms with Crippen LogP contribution in [0.15, 0.2) is 0 Å². The summed E-state index contributed by atoms with van der Waals surface area (Å²) in [4.78, 5) is 12.1. The Morgan fingerprint density at radius 1 is 1.55 bits per heavy atom. The molecule has 2 unspecified atom stereocenters. The van der Waals surface area contributed by atoms with Crippen LogP contribution < -0.4 is 5.32 Å². The van der Waals surface area contributed by atoms with Gasteiger partial charge in [0.25, 0.3) is 0 Å². The third kappa shape index (κ3) is 6.02. The van der Waals surface area contributed by atoms with Gasteiger partial charge in [0.15, 0.2) is 0 Å². The van der Waals surface area contributed by atoms with E-state index in [-0.39, 0.29) is 12.0 Å². The molecule has 1 fully saturated rings. The van der Waals surface area contributed by atoms with E-state index < -0.39 is 5.54 Å². The van der Waals surface area contributed by atoms with Gasteiger partial charge in [0.05, 0.1) is 12.7 Å². The summed E-state index contributed by atoms with van der Waals surface area (Å²) >= 11 is 1.87. The highest BCUT2D eigenvalue weighted by molar-refractivity contribution is 7.99. The van der Waals surface area contributed by atoms with Crippen LogP contribution in [0.3, 0.4) is 0 Å². The number of rotatable bonds is 9. The summed E-state index contributed by atoms with van der Waals surface area (Å²) in [6.45, 7) is 9.23. The molecule has 118 valence electrons. The molecule has 4 nitrogen and oxygen atoms in total. The molecule has 2 atom stereocenters. The second-order valence-electron chi connectivity index (χ2n) is 5.81. The first-order valence-corrected chi connectivity index (χ1v) is 8.77. The Balaban J connectivity index is 2.36. The molecule has 0 radical (unpaired) electrons. The Bertz CT molecular complexity index is 293. The maximum Gasteiger partial charge on any atom is 0.326 e. The van der Waals surface area contributed by atoms with E-state index in [2.05, 4.69) is 19.2 Å². The molecule has 1 rings (SSSR count). The lowest BCUT2D eigenvalue weighted by Crippen LogP contribution is -2.53. The van der Waals surface area contributed by atoms with Crippen molar-refractivity contribution in [1.82, 2.24) is 5.32 Å². The van der Waals surface area contributed by atoms with Gasteiger partial charge in [0.1, 0.15) is 5.54 Å². The van der Waals surface area contributed by atoms with Gasteiger partial charge >= 0.3 is 5.97 Å². The molecule has 0 aromatic carbocycles. The Morgan fingerprint density at radius 2 is 2.30 bits per heavy atom. The zero-order chi connectivity index (χ0) is 15.0. The third-order valence-corrected chi connectivity index (χ3v) is 4.51. The number of carbonyl (C=O) groups excluding carboxylic acids is 1. The number of carbonyl (C=O) groups is 1. The smallest absolute Gasteiger partial charge is 0.326 e. The first-order chi connectivity index (χ1) is 9.48. The molecule has 1 heterocycles. The second-order valence-corrected chi connectivity index (χ2v) is 6.96. The van der Waals surface area contributed by atoms with E-state index in [1.165, 1.54) is 12.8 Å². The van der Waals surface area contributed by atoms with E-state index in [1.807, 2.05) is 25.6 Å². The molecule has 0 saturated carbocycles. The standard InChI is InChI=1S/C15H29NO3S/c1-5-18-14(17)15(4,16-12(2)3)8-10-20-11-13-7-6-9-19-13/h12-13,16H,5-11H2,1-4H3. The molecular formula is C15H29NO3S. The topological polar surface area (TPSA) is 47.6 Å². The van der Waals surface area contributed by atoms with Crippen molar-refractivity contribution >= 4 is 17.7 Å². The molecule has 1 saturated heterocycles. The second kappa shape index (κ2) is 8.90. The van der Waals surface area contributed by atoms with Crippen molar-refractivity contribution in [2.24, 2.45) is 0 Å². The molecule has 0 aromatic rings. The number of hydrogen-bond donors (Lipinski definition) is 1. The number of ether oxygens (including phenoxy) is 2. The highest BCUT2D eigenvalue weighted by atomic mass is 32.2. The minimum atomic E-state index is -0.590. The number of esters is 1. The summed E-state index contributed by atoms with van der Waals surface area (Å²) in [6, 6.07) is 0.257. The summed E-state index contributed by atoms with van der Waals surface area (Å²) in [7, 11) is 0. The summed E-state index contributed by atoms with van der Waals surface area (Å²) in [5.74, 6) is 1.82. The predicted molar refractivity (Wildman–Crippen MR) is 84.2 cm³/mol. The van der Waals surface area contributed by atoms with E-state index in [0.717, 1.165) is 24.5 Å². The quantitative estimate of drug-likeness (QED) is 0.524. The highest BCUT2D eigenvalue weighted by Crippen LogP contribution is 2.21. The van der Waals surface area contributed by atoms with E-state index in [9.17, 15) is 4.79 Å². The van der Waals surface area contributed by atoms with Crippen molar-refractivity contribution < 1.29 is 14.3 Å². The van der Waals surface area contributed by atoms with Crippen LogP contribution in [0.1, 0.15) is 47.0 Å². The maximum absolute atomic E-state index is 12.1. The number of thioether (sulfide) groups is 1. The van der Waals surface area contributed by atoms with Gasteiger partial charge in [-0.05, 0) is 52.7 Å². The molecule has 1 aliphatic rings. The van der Waals surface area contributed by atoms with Crippen LogP contribution in [0.2, 0.25) is 0 Å². The largest absolute Gasteiger partial charge is 0.465 e. The van der Waals surface area contributed by atoms with E-state index in [1.54, 1.807) is 0 Å². The molecule has 0 spiro atoms. The van der Waals surface area contributed by atoms with Gasteiger partial charge < -0.3 is 9.47 Å². The van der Waals surface area contributed by atoms with Gasteiger partial charge in [-0.25, -0.2) is 0 Å². The zero-order valence-electron chi connectivity index (χ0n) is 13.2. The van der Waals surface area contributed by atoms with Gasteiger partial charge in [0, 0.05) is 18.4 Å². The lowest BCUT2D eigenvalue weighted by atomic mass is 9.98. The van der Waals surface area contributed by atoms with Crippen LogP contribution in [-0.4, -0.2) is 48.4 Å². The van der Waals surface area contributed by atoms with Crippen LogP contribution in [-0.2, 0) is 14.3 Å². The van der Waals surface area contributed by atoms with E-state index in [4.69, 9.17) is 9.47 Å². The number of nitrogens with one attached hydrogen (secondary N) is 1. The lowest BCUT2D eigenvalue weighted by Gasteiger charge is -2.30. The Morgan fingerprint density at radius 3 is 2.85 bits per heavy atom. The first-order valence-electron chi connectivity index (χ1n) is 7.62. The average molecular weight is 303 g/mol. The Labute approximate surface area is 127 Å². The summed E-state index contributed by atoms with van der Waals surface area (Å²) in [5, 5.41) is 3.35. The molecule has 0 aliphatic carbocycles. The predicted octanol–water partition coefficient (Wildman–Crippen LogP) is 2.61. The molecular weight excluding hydrogens is 274 g/mol. The maximum atomic E-state index is 12.1. The fourth-order valence-corrected chi connectivity index (χ4v) is 3.67. The van der Waals surface area contributed by atoms with E-state index >= 15 is 0 Å². The van der Waals surface area contributed by atoms with Gasteiger partial charge in [-0.15, -0.1) is 0 Å². The van der Waals surface area contributed by atoms with Crippen LogP contribution in [0, 0.1) is 0 Å². The fourth-order valence-electron chi connectivity index (χ4n) is 2.43. The fraction of sp³-hybridized carbons (Fsp3) is 0.933. The Kier molecular flexibility index (Phi) is 7.92. The highest BCUT2D eigenvalue weighted by Gasteiger charge is 2.34. The molecule has 0 bridgehead atoms. The average Bonchev–Trinajstić information content (AvgIpc) is 2.87. The van der Waals surface area contributed by atoms with Gasteiger partial charge in [-0.2, -0.15) is 11.8 Å². The summed E-state index contributed by atoms with van der Waals surface area (Å²) in [6.07, 6.45) is 3.54.